The molecule has 3 aromatic rings. The van der Waals surface area contributed by atoms with Gasteiger partial charge in [-0.2, -0.15) is 13.2 Å². The fourth-order valence-corrected chi connectivity index (χ4v) is 5.89. The van der Waals surface area contributed by atoms with Gasteiger partial charge in [0, 0.05) is 5.69 Å². The third kappa shape index (κ3) is 10.5. The predicted octanol–water partition coefficient (Wildman–Crippen LogP) is 8.65. The Morgan fingerprint density at radius 1 is 0.652 bits per heavy atom. The Bertz CT molecular complexity index is 1300. The molecule has 0 bridgehead atoms. The van der Waals surface area contributed by atoms with Crippen LogP contribution in [0.5, 0.6) is 0 Å². The number of benzene rings is 3. The first-order chi connectivity index (χ1) is 22.1. The molecule has 46 heavy (non-hydrogen) atoms. The van der Waals surface area contributed by atoms with Crippen molar-refractivity contribution in [3.05, 3.63) is 101 Å². The van der Waals surface area contributed by atoms with Crippen LogP contribution in [0.25, 0.3) is 0 Å². The minimum absolute atomic E-state index is 0.0996. The maximum absolute atomic E-state index is 15.0. The van der Waals surface area contributed by atoms with Gasteiger partial charge in [0.2, 0.25) is 5.91 Å². The molecule has 0 saturated carbocycles. The Kier molecular flexibility index (Phi) is 16.2. The molecule has 1 atom stereocenters. The first-order valence-corrected chi connectivity index (χ1v) is 16.6. The lowest BCUT2D eigenvalue weighted by Crippen LogP contribution is -2.44. The van der Waals surface area contributed by atoms with Gasteiger partial charge in [0.25, 0.3) is 0 Å². The highest BCUT2D eigenvalue weighted by Crippen LogP contribution is 2.51. The first kappa shape index (κ1) is 38.7. The molecule has 8 heteroatoms. The number of amides is 1. The third-order valence-corrected chi connectivity index (χ3v) is 7.93. The van der Waals surface area contributed by atoms with E-state index >= 15 is 0 Å². The van der Waals surface area contributed by atoms with Crippen LogP contribution in [-0.2, 0) is 15.0 Å². The van der Waals surface area contributed by atoms with E-state index in [1.807, 2.05) is 34.6 Å². The van der Waals surface area contributed by atoms with Crippen LogP contribution in [-0.4, -0.2) is 66.9 Å². The zero-order valence-electron chi connectivity index (χ0n) is 28.4. The Hall–Kier alpha value is -3.49. The number of nitrogens with zero attached hydrogens (tertiary/aromatic N) is 2. The molecule has 0 radical (unpaired) electrons. The van der Waals surface area contributed by atoms with Gasteiger partial charge in [-0.1, -0.05) is 100.0 Å². The molecule has 5 rings (SSSR count). The Morgan fingerprint density at radius 3 is 1.50 bits per heavy atom. The summed E-state index contributed by atoms with van der Waals surface area (Å²) in [5.74, 6) is 0.130. The van der Waals surface area contributed by atoms with E-state index in [1.54, 1.807) is 61.5 Å². The van der Waals surface area contributed by atoms with Gasteiger partial charge >= 0.3 is 6.18 Å². The lowest BCUT2D eigenvalue weighted by atomic mass is 9.68. The molecular formula is C38H52F3N3O2. The van der Waals surface area contributed by atoms with Gasteiger partial charge in [0.15, 0.2) is 0 Å². The number of rotatable bonds is 8. The number of Topliss-reactive ketones (excluding diaryl/α,β-unsaturated/α-hetero) is 1. The summed E-state index contributed by atoms with van der Waals surface area (Å²) in [6, 6.07) is 20.5. The second kappa shape index (κ2) is 19.2. The molecule has 1 unspecified atom stereocenters. The van der Waals surface area contributed by atoms with Crippen molar-refractivity contribution in [2.24, 2.45) is 0 Å². The molecule has 5 nitrogen and oxygen atoms in total. The number of ketones is 1. The van der Waals surface area contributed by atoms with Gasteiger partial charge in [-0.25, -0.2) is 0 Å². The maximum atomic E-state index is 15.0. The smallest absolute Gasteiger partial charge is 0.325 e. The lowest BCUT2D eigenvalue weighted by molar-refractivity contribution is -0.166. The zero-order chi connectivity index (χ0) is 34.2. The zero-order valence-corrected chi connectivity index (χ0v) is 28.4. The van der Waals surface area contributed by atoms with E-state index in [1.165, 1.54) is 37.1 Å². The highest BCUT2D eigenvalue weighted by molar-refractivity contribution is 5.92. The Labute approximate surface area is 274 Å². The van der Waals surface area contributed by atoms with Crippen molar-refractivity contribution in [1.29, 1.82) is 0 Å². The fourth-order valence-electron chi connectivity index (χ4n) is 5.89. The molecular weight excluding hydrogens is 587 g/mol. The fraction of sp³-hybridized carbons (Fsp3) is 0.474. The van der Waals surface area contributed by atoms with Crippen LogP contribution in [0.2, 0.25) is 0 Å². The summed E-state index contributed by atoms with van der Waals surface area (Å²) in [5.41, 5.74) is -0.567. The minimum atomic E-state index is -4.59. The maximum Gasteiger partial charge on any atom is 0.406 e. The monoisotopic (exact) mass is 639 g/mol. The van der Waals surface area contributed by atoms with Gasteiger partial charge in [0.05, 0.1) is 13.1 Å². The van der Waals surface area contributed by atoms with E-state index < -0.39 is 11.6 Å². The van der Waals surface area contributed by atoms with Crippen molar-refractivity contribution in [2.45, 2.75) is 78.8 Å². The number of nitrogens with one attached hydrogen (secondary N) is 1. The summed E-state index contributed by atoms with van der Waals surface area (Å²) in [5, 5.41) is 2.81. The number of carbonyl (C=O) groups excluding carboxylic acids is 2. The summed E-state index contributed by atoms with van der Waals surface area (Å²) < 4.78 is 45.0. The number of halogens is 3. The highest BCUT2D eigenvalue weighted by Gasteiger charge is 2.58. The van der Waals surface area contributed by atoms with Crippen molar-refractivity contribution in [3.63, 3.8) is 0 Å². The average Bonchev–Trinajstić information content (AvgIpc) is 3.76. The first-order valence-electron chi connectivity index (χ1n) is 16.6. The standard InChI is InChI=1S/C27H27F3N2O.C7H13NO.2C2H6/c1-20-9-11-22(12-10-20)26(27(28,29)30,21-7-3-2-4-8-21)23-13-15-24(16-14-23)31-25(33)19-32-17-5-6-18-32;1-7(9)6-8-4-2-3-5-8;2*1-2/h2-4,7-16H,5-6,17-19H2,1H3,(H,31,33);2-6H2,1H3;2*1-2H3. The quantitative estimate of drug-likeness (QED) is 0.251. The van der Waals surface area contributed by atoms with Crippen molar-refractivity contribution in [3.8, 4) is 0 Å². The molecule has 252 valence electrons. The van der Waals surface area contributed by atoms with Crippen LogP contribution in [0.4, 0.5) is 18.9 Å². The largest absolute Gasteiger partial charge is 0.406 e. The van der Waals surface area contributed by atoms with Crippen LogP contribution >= 0.6 is 0 Å². The number of carbonyl (C=O) groups is 2. The van der Waals surface area contributed by atoms with Crippen LogP contribution in [0.15, 0.2) is 78.9 Å². The second-order valence-corrected chi connectivity index (χ2v) is 11.3. The molecule has 0 aromatic heterocycles. The van der Waals surface area contributed by atoms with Crippen LogP contribution in [0.1, 0.15) is 82.6 Å². The molecule has 1 N–H and O–H groups in total. The molecule has 3 aromatic carbocycles. The lowest BCUT2D eigenvalue weighted by Gasteiger charge is -2.37. The number of hydrogen-bond donors (Lipinski definition) is 1. The van der Waals surface area contributed by atoms with Crippen LogP contribution in [0.3, 0.4) is 0 Å². The molecule has 2 heterocycles. The number of anilines is 1. The average molecular weight is 640 g/mol. The van der Waals surface area contributed by atoms with E-state index in [4.69, 9.17) is 0 Å². The summed E-state index contributed by atoms with van der Waals surface area (Å²) >= 11 is 0. The van der Waals surface area contributed by atoms with Gasteiger partial charge < -0.3 is 5.32 Å². The van der Waals surface area contributed by atoms with Crippen molar-refractivity contribution < 1.29 is 22.8 Å². The second-order valence-electron chi connectivity index (χ2n) is 11.3. The summed E-state index contributed by atoms with van der Waals surface area (Å²) in [4.78, 5) is 27.2. The number of aryl methyl sites for hydroxylation is 1. The van der Waals surface area contributed by atoms with E-state index in [-0.39, 0.29) is 28.4 Å². The number of alkyl halides is 3. The van der Waals surface area contributed by atoms with Gasteiger partial charge in [-0.3, -0.25) is 19.4 Å². The Morgan fingerprint density at radius 2 is 1.07 bits per heavy atom. The molecule has 2 fully saturated rings. The van der Waals surface area contributed by atoms with Crippen molar-refractivity contribution >= 4 is 17.4 Å². The summed E-state index contributed by atoms with van der Waals surface area (Å²) in [6.45, 7) is 16.5. The van der Waals surface area contributed by atoms with Crippen molar-refractivity contribution in [1.82, 2.24) is 9.80 Å². The number of likely N-dealkylation sites (tertiary alicyclic amines) is 2. The molecule has 2 saturated heterocycles. The summed E-state index contributed by atoms with van der Waals surface area (Å²) in [7, 11) is 0. The normalized spacial score (nSPS) is 16.0. The van der Waals surface area contributed by atoms with Crippen LogP contribution < -0.4 is 5.32 Å². The number of hydrogen-bond acceptors (Lipinski definition) is 4. The van der Waals surface area contributed by atoms with Gasteiger partial charge in [0.1, 0.15) is 11.2 Å². The van der Waals surface area contributed by atoms with Crippen molar-refractivity contribution in [2.75, 3.05) is 44.6 Å². The van der Waals surface area contributed by atoms with Gasteiger partial charge in [-0.05, 0) is 94.5 Å². The third-order valence-electron chi connectivity index (χ3n) is 7.93. The SMILES string of the molecule is CC.CC.CC(=O)CN1CCCC1.Cc1ccc(C(c2ccccc2)(c2ccc(NC(=O)CN3CCCC3)cc2)C(F)(F)F)cc1. The molecule has 0 spiro atoms. The van der Waals surface area contributed by atoms with Crippen LogP contribution in [0, 0.1) is 6.92 Å². The molecule has 0 aliphatic carbocycles. The van der Waals surface area contributed by atoms with E-state index in [2.05, 4.69) is 15.1 Å². The Balaban J connectivity index is 0.000000479. The minimum Gasteiger partial charge on any atom is -0.325 e. The molecule has 2 aliphatic rings. The van der Waals surface area contributed by atoms with E-state index in [9.17, 15) is 22.8 Å². The van der Waals surface area contributed by atoms with E-state index in [0.29, 0.717) is 18.8 Å². The highest BCUT2D eigenvalue weighted by atomic mass is 19.4. The predicted molar refractivity (Wildman–Crippen MR) is 183 cm³/mol. The topological polar surface area (TPSA) is 52.7 Å². The molecule has 1 amide bonds. The summed E-state index contributed by atoms with van der Waals surface area (Å²) in [6.07, 6.45) is 0.116. The van der Waals surface area contributed by atoms with Gasteiger partial charge in [-0.15, -0.1) is 0 Å². The van der Waals surface area contributed by atoms with E-state index in [0.717, 1.165) is 44.6 Å². The molecule has 2 aliphatic heterocycles.